The van der Waals surface area contributed by atoms with Crippen molar-refractivity contribution in [1.29, 1.82) is 0 Å². The van der Waals surface area contributed by atoms with Gasteiger partial charge < -0.3 is 5.73 Å². The zero-order chi connectivity index (χ0) is 5.98. The molecule has 44 valence electrons. The quantitative estimate of drug-likeness (QED) is 0.467. The number of hydrogen-bond donors (Lipinski definition) is 2. The van der Waals surface area contributed by atoms with Crippen LogP contribution in [0.5, 0.6) is 0 Å². The molecule has 3 heteroatoms. The Morgan fingerprint density at radius 2 is 2.62 bits per heavy atom. The van der Waals surface area contributed by atoms with E-state index in [0.717, 1.165) is 17.8 Å². The highest BCUT2D eigenvalue weighted by Crippen LogP contribution is 1.97. The van der Waals surface area contributed by atoms with Crippen LogP contribution in [0.4, 0.5) is 0 Å². The van der Waals surface area contributed by atoms with E-state index in [2.05, 4.69) is 10.5 Å². The number of nitrogens with zero attached hydrogens (tertiary/aromatic N) is 1. The topological polar surface area (TPSA) is 50.4 Å². The van der Waals surface area contributed by atoms with E-state index in [1.807, 2.05) is 6.92 Å². The molecule has 0 saturated heterocycles. The Balaban J connectivity index is 2.57. The molecular formula is C5H9N3. The van der Waals surface area contributed by atoms with E-state index in [1.165, 1.54) is 0 Å². The summed E-state index contributed by atoms with van der Waals surface area (Å²) < 4.78 is 0. The average Bonchev–Trinajstić information content (AvgIpc) is 1.64. The molecule has 0 aromatic heterocycles. The second kappa shape index (κ2) is 1.86. The molecule has 0 atom stereocenters. The summed E-state index contributed by atoms with van der Waals surface area (Å²) in [4.78, 5) is 0. The van der Waals surface area contributed by atoms with E-state index in [0.29, 0.717) is 0 Å². The van der Waals surface area contributed by atoms with Gasteiger partial charge in [-0.25, -0.2) is 0 Å². The van der Waals surface area contributed by atoms with Crippen LogP contribution in [0.25, 0.3) is 0 Å². The Morgan fingerprint density at radius 1 is 1.88 bits per heavy atom. The van der Waals surface area contributed by atoms with E-state index in [9.17, 15) is 0 Å². The zero-order valence-electron chi connectivity index (χ0n) is 4.81. The standard InChI is InChI=1S/C5H9N3/c1-4-2-5(6)3-7-8-4/h3,7H,2,6H2,1H3. The van der Waals surface area contributed by atoms with Crippen molar-refractivity contribution in [2.45, 2.75) is 13.3 Å². The Bertz CT molecular complexity index is 130. The molecule has 0 fully saturated rings. The molecule has 3 nitrogen and oxygen atoms in total. The van der Waals surface area contributed by atoms with Gasteiger partial charge in [-0.15, -0.1) is 0 Å². The van der Waals surface area contributed by atoms with Gasteiger partial charge >= 0.3 is 0 Å². The second-order valence-electron chi connectivity index (χ2n) is 1.87. The lowest BCUT2D eigenvalue weighted by molar-refractivity contribution is 0.896. The lowest BCUT2D eigenvalue weighted by Crippen LogP contribution is -2.14. The largest absolute Gasteiger partial charge is 0.401 e. The predicted octanol–water partition coefficient (Wildman–Crippen LogP) is 0.156. The van der Waals surface area contributed by atoms with Gasteiger partial charge in [-0.1, -0.05) is 0 Å². The molecule has 1 aliphatic heterocycles. The third kappa shape index (κ3) is 0.992. The molecule has 0 aromatic carbocycles. The Hall–Kier alpha value is -0.990. The molecule has 1 heterocycles. The van der Waals surface area contributed by atoms with Crippen molar-refractivity contribution < 1.29 is 0 Å². The van der Waals surface area contributed by atoms with Crippen LogP contribution < -0.4 is 11.2 Å². The van der Waals surface area contributed by atoms with Gasteiger partial charge in [-0.05, 0) is 6.92 Å². The van der Waals surface area contributed by atoms with Gasteiger partial charge in [0.25, 0.3) is 0 Å². The van der Waals surface area contributed by atoms with Crippen LogP contribution in [0.2, 0.25) is 0 Å². The van der Waals surface area contributed by atoms with E-state index < -0.39 is 0 Å². The van der Waals surface area contributed by atoms with E-state index in [-0.39, 0.29) is 0 Å². The number of nitrogens with one attached hydrogen (secondary N) is 1. The first-order chi connectivity index (χ1) is 3.79. The van der Waals surface area contributed by atoms with Gasteiger partial charge in [0.2, 0.25) is 0 Å². The van der Waals surface area contributed by atoms with Crippen molar-refractivity contribution in [1.82, 2.24) is 5.43 Å². The summed E-state index contributed by atoms with van der Waals surface area (Å²) in [7, 11) is 0. The lowest BCUT2D eigenvalue weighted by atomic mass is 10.2. The summed E-state index contributed by atoms with van der Waals surface area (Å²) in [6, 6.07) is 0. The molecule has 3 N–H and O–H groups in total. The minimum atomic E-state index is 0.799. The van der Waals surface area contributed by atoms with E-state index >= 15 is 0 Å². The van der Waals surface area contributed by atoms with Crippen molar-refractivity contribution in [3.8, 4) is 0 Å². The van der Waals surface area contributed by atoms with Crippen LogP contribution in [0.15, 0.2) is 17.0 Å². The van der Waals surface area contributed by atoms with Gasteiger partial charge in [-0.2, -0.15) is 5.10 Å². The van der Waals surface area contributed by atoms with Gasteiger partial charge in [0.05, 0.1) is 0 Å². The van der Waals surface area contributed by atoms with Gasteiger partial charge in [0.1, 0.15) is 0 Å². The summed E-state index contributed by atoms with van der Waals surface area (Å²) in [5, 5.41) is 3.89. The molecule has 0 radical (unpaired) electrons. The van der Waals surface area contributed by atoms with E-state index in [1.54, 1.807) is 6.20 Å². The van der Waals surface area contributed by atoms with Gasteiger partial charge in [-0.3, -0.25) is 5.43 Å². The first kappa shape index (κ1) is 5.15. The maximum atomic E-state index is 5.44. The lowest BCUT2D eigenvalue weighted by Gasteiger charge is -2.06. The van der Waals surface area contributed by atoms with Crippen LogP contribution in [0.3, 0.4) is 0 Å². The third-order valence-corrected chi connectivity index (χ3v) is 0.965. The van der Waals surface area contributed by atoms with Crippen molar-refractivity contribution in [2.24, 2.45) is 10.8 Å². The minimum Gasteiger partial charge on any atom is -0.401 e. The Labute approximate surface area is 48.3 Å². The SMILES string of the molecule is CC1=NNC=C(N)C1. The molecule has 0 aromatic rings. The highest BCUT2D eigenvalue weighted by atomic mass is 15.3. The predicted molar refractivity (Wildman–Crippen MR) is 33.1 cm³/mol. The number of nitrogens with two attached hydrogens (primary N) is 1. The van der Waals surface area contributed by atoms with Crippen LogP contribution in [-0.4, -0.2) is 5.71 Å². The van der Waals surface area contributed by atoms with Crippen molar-refractivity contribution in [2.75, 3.05) is 0 Å². The first-order valence-corrected chi connectivity index (χ1v) is 2.52. The second-order valence-corrected chi connectivity index (χ2v) is 1.87. The number of rotatable bonds is 0. The molecular weight excluding hydrogens is 102 g/mol. The highest BCUT2D eigenvalue weighted by Gasteiger charge is 1.97. The molecule has 0 amide bonds. The maximum absolute atomic E-state index is 5.44. The van der Waals surface area contributed by atoms with Gasteiger partial charge in [0.15, 0.2) is 0 Å². The molecule has 0 spiro atoms. The minimum absolute atomic E-state index is 0.799. The highest BCUT2D eigenvalue weighted by molar-refractivity contribution is 5.84. The molecule has 0 unspecified atom stereocenters. The van der Waals surface area contributed by atoms with Crippen molar-refractivity contribution >= 4 is 5.71 Å². The Kier molecular flexibility index (Phi) is 1.20. The fraction of sp³-hybridized carbons (Fsp3) is 0.400. The monoisotopic (exact) mass is 111 g/mol. The first-order valence-electron chi connectivity index (χ1n) is 2.52. The average molecular weight is 111 g/mol. The molecule has 0 saturated carbocycles. The van der Waals surface area contributed by atoms with Crippen LogP contribution in [-0.2, 0) is 0 Å². The summed E-state index contributed by atoms with van der Waals surface area (Å²) in [5.41, 5.74) is 10.0. The summed E-state index contributed by atoms with van der Waals surface area (Å²) >= 11 is 0. The molecule has 0 aliphatic carbocycles. The number of hydrazone groups is 1. The fourth-order valence-electron chi connectivity index (χ4n) is 0.611. The summed E-state index contributed by atoms with van der Waals surface area (Å²) in [6.45, 7) is 1.94. The van der Waals surface area contributed by atoms with Crippen LogP contribution >= 0.6 is 0 Å². The molecule has 1 rings (SSSR count). The van der Waals surface area contributed by atoms with E-state index in [4.69, 9.17) is 5.73 Å². The van der Waals surface area contributed by atoms with Crippen LogP contribution in [0.1, 0.15) is 13.3 Å². The molecule has 1 aliphatic rings. The maximum Gasteiger partial charge on any atom is 0.0410 e. The summed E-state index contributed by atoms with van der Waals surface area (Å²) in [5.74, 6) is 0. The third-order valence-electron chi connectivity index (χ3n) is 0.965. The Morgan fingerprint density at radius 3 is 3.00 bits per heavy atom. The summed E-state index contributed by atoms with van der Waals surface area (Å²) in [6.07, 6.45) is 2.50. The van der Waals surface area contributed by atoms with Crippen molar-refractivity contribution in [3.05, 3.63) is 11.9 Å². The fourth-order valence-corrected chi connectivity index (χ4v) is 0.611. The molecule has 0 bridgehead atoms. The zero-order valence-corrected chi connectivity index (χ0v) is 4.81. The molecule has 8 heavy (non-hydrogen) atoms. The number of hydrogen-bond acceptors (Lipinski definition) is 3. The van der Waals surface area contributed by atoms with Crippen LogP contribution in [0, 0.1) is 0 Å². The number of allylic oxidation sites excluding steroid dienone is 1. The van der Waals surface area contributed by atoms with Crippen molar-refractivity contribution in [3.63, 3.8) is 0 Å². The van der Waals surface area contributed by atoms with Gasteiger partial charge in [0, 0.05) is 24.0 Å². The smallest absolute Gasteiger partial charge is 0.0410 e. The normalized spacial score (nSPS) is 18.6.